The number of hydrogen-bond acceptors (Lipinski definition) is 2. The van der Waals surface area contributed by atoms with E-state index in [0.29, 0.717) is 6.17 Å². The summed E-state index contributed by atoms with van der Waals surface area (Å²) in [5.74, 6) is 0. The highest BCUT2D eigenvalue weighted by Crippen LogP contribution is 2.42. The van der Waals surface area contributed by atoms with Gasteiger partial charge in [-0.15, -0.1) is 0 Å². The Bertz CT molecular complexity index is 522. The first-order valence-electron chi connectivity index (χ1n) is 6.95. The summed E-state index contributed by atoms with van der Waals surface area (Å²) in [6.07, 6.45) is 0.356. The second-order valence-electron chi connectivity index (χ2n) is 4.44. The van der Waals surface area contributed by atoms with Gasteiger partial charge < -0.3 is 9.80 Å². The predicted molar refractivity (Wildman–Crippen MR) is 84.2 cm³/mol. The molecule has 2 nitrogen and oxygen atoms in total. The summed E-state index contributed by atoms with van der Waals surface area (Å²) in [5, 5.41) is 0. The van der Waals surface area contributed by atoms with Gasteiger partial charge >= 0.3 is 0 Å². The third-order valence-corrected chi connectivity index (χ3v) is 3.49. The minimum absolute atomic E-state index is 0.356. The van der Waals surface area contributed by atoms with Crippen LogP contribution in [0.1, 0.15) is 20.8 Å². The van der Waals surface area contributed by atoms with Gasteiger partial charge in [0.05, 0.1) is 11.4 Å². The van der Waals surface area contributed by atoms with Gasteiger partial charge in [0.1, 0.15) is 6.17 Å². The maximum Gasteiger partial charge on any atom is 0.103 e. The van der Waals surface area contributed by atoms with E-state index < -0.39 is 0 Å². The Labute approximate surface area is 116 Å². The zero-order chi connectivity index (χ0) is 13.8. The SMILES string of the molecule is CC.CC1N(C)c2ccccc2N1c1ccccc1. The van der Waals surface area contributed by atoms with Crippen molar-refractivity contribution in [2.75, 3.05) is 16.8 Å². The number of para-hydroxylation sites is 3. The first-order chi connectivity index (χ1) is 9.29. The summed E-state index contributed by atoms with van der Waals surface area (Å²) in [7, 11) is 2.15. The van der Waals surface area contributed by atoms with Crippen LogP contribution in [0, 0.1) is 0 Å². The average Bonchev–Trinajstić information content (AvgIpc) is 2.75. The molecule has 0 amide bonds. The van der Waals surface area contributed by atoms with Gasteiger partial charge in [0.15, 0.2) is 0 Å². The normalized spacial score (nSPS) is 16.7. The van der Waals surface area contributed by atoms with Gasteiger partial charge in [0, 0.05) is 12.7 Å². The lowest BCUT2D eigenvalue weighted by Gasteiger charge is -2.27. The molecule has 1 heterocycles. The van der Waals surface area contributed by atoms with Gasteiger partial charge in [-0.2, -0.15) is 0 Å². The van der Waals surface area contributed by atoms with E-state index in [2.05, 4.69) is 78.4 Å². The molecule has 0 radical (unpaired) electrons. The monoisotopic (exact) mass is 254 g/mol. The fourth-order valence-corrected chi connectivity index (χ4v) is 2.49. The van der Waals surface area contributed by atoms with Crippen molar-refractivity contribution < 1.29 is 0 Å². The molecule has 1 atom stereocenters. The minimum atomic E-state index is 0.356. The third-order valence-electron chi connectivity index (χ3n) is 3.49. The van der Waals surface area contributed by atoms with Crippen molar-refractivity contribution in [2.45, 2.75) is 26.9 Å². The Morgan fingerprint density at radius 3 is 1.95 bits per heavy atom. The first-order valence-corrected chi connectivity index (χ1v) is 6.95. The van der Waals surface area contributed by atoms with Crippen LogP contribution < -0.4 is 9.80 Å². The van der Waals surface area contributed by atoms with Gasteiger partial charge in [-0.25, -0.2) is 0 Å². The molecule has 2 heteroatoms. The quantitative estimate of drug-likeness (QED) is 0.731. The summed E-state index contributed by atoms with van der Waals surface area (Å²) < 4.78 is 0. The standard InChI is InChI=1S/C15H16N2.C2H6/c1-12-16(2)14-10-6-7-11-15(14)17(12)13-8-4-3-5-9-13;1-2/h3-12H,1-2H3;1-2H3. The van der Waals surface area contributed by atoms with Crippen LogP contribution in [0.5, 0.6) is 0 Å². The van der Waals surface area contributed by atoms with Crippen molar-refractivity contribution in [1.82, 2.24) is 0 Å². The van der Waals surface area contributed by atoms with E-state index in [1.807, 2.05) is 13.8 Å². The zero-order valence-electron chi connectivity index (χ0n) is 12.2. The van der Waals surface area contributed by atoms with Gasteiger partial charge in [-0.05, 0) is 31.2 Å². The van der Waals surface area contributed by atoms with Crippen molar-refractivity contribution in [1.29, 1.82) is 0 Å². The molecule has 1 unspecified atom stereocenters. The average molecular weight is 254 g/mol. The van der Waals surface area contributed by atoms with Gasteiger partial charge in [-0.3, -0.25) is 0 Å². The van der Waals surface area contributed by atoms with Gasteiger partial charge in [-0.1, -0.05) is 44.2 Å². The molecule has 3 rings (SSSR count). The summed E-state index contributed by atoms with van der Waals surface area (Å²) >= 11 is 0. The maximum atomic E-state index is 2.37. The Hall–Kier alpha value is -1.96. The molecule has 0 N–H and O–H groups in total. The molecule has 0 bridgehead atoms. The predicted octanol–water partition coefficient (Wildman–Crippen LogP) is 4.65. The molecule has 19 heavy (non-hydrogen) atoms. The second kappa shape index (κ2) is 5.79. The molecular formula is C17H22N2. The molecule has 2 aromatic rings. The van der Waals surface area contributed by atoms with Crippen LogP contribution >= 0.6 is 0 Å². The Morgan fingerprint density at radius 1 is 0.789 bits per heavy atom. The highest BCUT2D eigenvalue weighted by molar-refractivity contribution is 5.83. The van der Waals surface area contributed by atoms with Crippen LogP contribution in [0.15, 0.2) is 54.6 Å². The number of benzene rings is 2. The van der Waals surface area contributed by atoms with E-state index >= 15 is 0 Å². The molecule has 2 aromatic carbocycles. The number of fused-ring (bicyclic) bond motifs is 1. The second-order valence-corrected chi connectivity index (χ2v) is 4.44. The van der Waals surface area contributed by atoms with Crippen molar-refractivity contribution in [3.05, 3.63) is 54.6 Å². The number of nitrogens with zero attached hydrogens (tertiary/aromatic N) is 2. The highest BCUT2D eigenvalue weighted by atomic mass is 15.4. The fraction of sp³-hybridized carbons (Fsp3) is 0.294. The molecule has 1 aliphatic rings. The van der Waals surface area contributed by atoms with Crippen molar-refractivity contribution in [3.63, 3.8) is 0 Å². The van der Waals surface area contributed by atoms with Crippen molar-refractivity contribution in [3.8, 4) is 0 Å². The van der Waals surface area contributed by atoms with E-state index in [0.717, 1.165) is 0 Å². The molecule has 0 aromatic heterocycles. The molecule has 0 aliphatic carbocycles. The van der Waals surface area contributed by atoms with Crippen LogP contribution in [0.2, 0.25) is 0 Å². The van der Waals surface area contributed by atoms with Crippen LogP contribution in [-0.2, 0) is 0 Å². The third kappa shape index (κ3) is 2.30. The molecule has 0 saturated carbocycles. The summed E-state index contributed by atoms with van der Waals surface area (Å²) in [6.45, 7) is 6.23. The molecule has 100 valence electrons. The van der Waals surface area contributed by atoms with Crippen LogP contribution in [0.25, 0.3) is 0 Å². The topological polar surface area (TPSA) is 6.48 Å². The Kier molecular flexibility index (Phi) is 4.10. The fourth-order valence-electron chi connectivity index (χ4n) is 2.49. The number of hydrogen-bond donors (Lipinski definition) is 0. The lowest BCUT2D eigenvalue weighted by atomic mass is 10.2. The summed E-state index contributed by atoms with van der Waals surface area (Å²) in [6, 6.07) is 19.1. The van der Waals surface area contributed by atoms with Crippen molar-refractivity contribution >= 4 is 17.1 Å². The zero-order valence-corrected chi connectivity index (χ0v) is 12.2. The number of anilines is 3. The lowest BCUT2D eigenvalue weighted by Crippen LogP contribution is -2.35. The maximum absolute atomic E-state index is 2.37. The highest BCUT2D eigenvalue weighted by Gasteiger charge is 2.30. The van der Waals surface area contributed by atoms with Gasteiger partial charge in [0.25, 0.3) is 0 Å². The Morgan fingerprint density at radius 2 is 1.32 bits per heavy atom. The van der Waals surface area contributed by atoms with Crippen LogP contribution in [-0.4, -0.2) is 13.2 Å². The summed E-state index contributed by atoms with van der Waals surface area (Å²) in [4.78, 5) is 4.68. The summed E-state index contributed by atoms with van der Waals surface area (Å²) in [5.41, 5.74) is 3.83. The first kappa shape index (κ1) is 13.5. The molecular weight excluding hydrogens is 232 g/mol. The molecule has 0 spiro atoms. The van der Waals surface area contributed by atoms with E-state index in [9.17, 15) is 0 Å². The van der Waals surface area contributed by atoms with E-state index in [-0.39, 0.29) is 0 Å². The molecule has 0 saturated heterocycles. The molecule has 0 fully saturated rings. The van der Waals surface area contributed by atoms with Crippen LogP contribution in [0.3, 0.4) is 0 Å². The smallest absolute Gasteiger partial charge is 0.103 e. The molecule has 1 aliphatic heterocycles. The number of rotatable bonds is 1. The lowest BCUT2D eigenvalue weighted by molar-refractivity contribution is 0.734. The Balaban J connectivity index is 0.000000637. The van der Waals surface area contributed by atoms with E-state index in [1.165, 1.54) is 17.1 Å². The van der Waals surface area contributed by atoms with E-state index in [4.69, 9.17) is 0 Å². The van der Waals surface area contributed by atoms with Gasteiger partial charge in [0.2, 0.25) is 0 Å². The van der Waals surface area contributed by atoms with Crippen LogP contribution in [0.4, 0.5) is 17.1 Å². The van der Waals surface area contributed by atoms with E-state index in [1.54, 1.807) is 0 Å². The largest absolute Gasteiger partial charge is 0.353 e. The minimum Gasteiger partial charge on any atom is -0.353 e. The van der Waals surface area contributed by atoms with Crippen molar-refractivity contribution in [2.24, 2.45) is 0 Å².